The van der Waals surface area contributed by atoms with Crippen LogP contribution in [0.3, 0.4) is 0 Å². The molecule has 2 aliphatic rings. The Kier molecular flexibility index (Phi) is 15.0. The first-order chi connectivity index (χ1) is 21.6. The first kappa shape index (κ1) is 38.5. The SMILES string of the molecule is CNC(=O)O[C@H]1[C@H](OC(C)=O)[C@@H](O[C@@H]2[C@@H](OP)O[C@@H](COC(C)=O)[C@@H](OC(C)=O)[C@@H]2OC(C)=O)O[C@H](COC(C)=O)[C@H]1OC(C)=O. The first-order valence-electron chi connectivity index (χ1n) is 13.7. The zero-order valence-electron chi connectivity index (χ0n) is 26.1. The van der Waals surface area contributed by atoms with E-state index in [0.717, 1.165) is 41.5 Å². The Morgan fingerprint density at radius 3 is 1.33 bits per heavy atom. The Hall–Kier alpha value is -3.64. The Morgan fingerprint density at radius 2 is 0.935 bits per heavy atom. The van der Waals surface area contributed by atoms with Gasteiger partial charge in [-0.3, -0.25) is 28.8 Å². The molecule has 260 valence electrons. The average molecular weight is 684 g/mol. The highest BCUT2D eigenvalue weighted by Crippen LogP contribution is 2.36. The maximum absolute atomic E-state index is 12.4. The van der Waals surface area contributed by atoms with Crippen LogP contribution >= 0.6 is 9.47 Å². The predicted molar refractivity (Wildman–Crippen MR) is 148 cm³/mol. The minimum atomic E-state index is -1.77. The van der Waals surface area contributed by atoms with Gasteiger partial charge in [0.15, 0.2) is 49.2 Å². The molecule has 2 rings (SSSR count). The number of carbonyl (C=O) groups is 7. The van der Waals surface area contributed by atoms with E-state index in [1.54, 1.807) is 0 Å². The van der Waals surface area contributed by atoms with Crippen molar-refractivity contribution in [2.75, 3.05) is 20.3 Å². The minimum Gasteiger partial charge on any atom is -0.463 e. The molecule has 0 spiro atoms. The third-order valence-electron chi connectivity index (χ3n) is 6.16. The van der Waals surface area contributed by atoms with E-state index in [0.29, 0.717) is 0 Å². The molecule has 0 saturated carbocycles. The first-order valence-corrected chi connectivity index (χ1v) is 14.2. The van der Waals surface area contributed by atoms with Gasteiger partial charge < -0.3 is 57.2 Å². The standard InChI is InChI=1S/C26H38NO18P/c1-10(28)35-8-16-19(38-13(4)31)21(44-26(34)27-7)22(40-15(6)33)24(41-16)43-23-20(39-14(5)32)18(37-12(3)30)17(9-36-11(2)29)42-25(23)45-46/h16-25H,8-9,46H2,1-7H3,(H,27,34)/t16-,17+,18-,19-,20+,21-,22+,23+,24-,25-/m1/s1. The highest BCUT2D eigenvalue weighted by Gasteiger charge is 2.57. The van der Waals surface area contributed by atoms with E-state index in [4.69, 9.17) is 51.9 Å². The normalized spacial score (nSPS) is 30.5. The number of hydrogen-bond donors (Lipinski definition) is 1. The Morgan fingerprint density at radius 1 is 0.543 bits per heavy atom. The molecule has 11 atom stereocenters. The molecule has 0 bridgehead atoms. The number of esters is 6. The molecular formula is C26H38NO18P. The van der Waals surface area contributed by atoms with Crippen molar-refractivity contribution < 1.29 is 85.5 Å². The van der Waals surface area contributed by atoms with Crippen molar-refractivity contribution in [1.82, 2.24) is 5.32 Å². The number of alkyl carbamates (subject to hydrolysis) is 1. The van der Waals surface area contributed by atoms with Gasteiger partial charge in [-0.05, 0) is 0 Å². The molecule has 2 fully saturated rings. The molecule has 0 radical (unpaired) electrons. The Bertz CT molecular complexity index is 1130. The summed E-state index contributed by atoms with van der Waals surface area (Å²) in [6, 6.07) is 0. The summed E-state index contributed by atoms with van der Waals surface area (Å²) in [6.45, 7) is 5.40. The van der Waals surface area contributed by atoms with Crippen LogP contribution in [0.1, 0.15) is 41.5 Å². The third kappa shape index (κ3) is 11.3. The van der Waals surface area contributed by atoms with Gasteiger partial charge in [0.05, 0.1) is 0 Å². The van der Waals surface area contributed by atoms with Gasteiger partial charge in [0, 0.05) is 58.1 Å². The van der Waals surface area contributed by atoms with Crippen molar-refractivity contribution in [3.63, 3.8) is 0 Å². The minimum absolute atomic E-state index is 0.463. The fourth-order valence-corrected chi connectivity index (χ4v) is 4.79. The molecule has 46 heavy (non-hydrogen) atoms. The fourth-order valence-electron chi connectivity index (χ4n) is 4.57. The van der Waals surface area contributed by atoms with Crippen LogP contribution in [0.2, 0.25) is 0 Å². The molecule has 19 nitrogen and oxygen atoms in total. The largest absolute Gasteiger partial charge is 0.463 e. The predicted octanol–water partition coefficient (Wildman–Crippen LogP) is -0.794. The van der Waals surface area contributed by atoms with E-state index in [9.17, 15) is 33.6 Å². The number of hydrogen-bond acceptors (Lipinski definition) is 18. The van der Waals surface area contributed by atoms with Crippen LogP contribution in [0.15, 0.2) is 0 Å². The van der Waals surface area contributed by atoms with Gasteiger partial charge in [-0.15, -0.1) is 0 Å². The van der Waals surface area contributed by atoms with Crippen molar-refractivity contribution in [2.24, 2.45) is 0 Å². The summed E-state index contributed by atoms with van der Waals surface area (Å²) in [7, 11) is 3.15. The topological polar surface area (TPSA) is 233 Å². The van der Waals surface area contributed by atoms with Gasteiger partial charge in [-0.2, -0.15) is 0 Å². The molecule has 0 aromatic carbocycles. The lowest BCUT2D eigenvalue weighted by Gasteiger charge is -2.48. The van der Waals surface area contributed by atoms with Crippen LogP contribution in [0.5, 0.6) is 0 Å². The van der Waals surface area contributed by atoms with Gasteiger partial charge >= 0.3 is 41.9 Å². The summed E-state index contributed by atoms with van der Waals surface area (Å²) < 4.78 is 60.5. The maximum atomic E-state index is 12.4. The van der Waals surface area contributed by atoms with Crippen molar-refractivity contribution >= 4 is 51.4 Å². The monoisotopic (exact) mass is 683 g/mol. The van der Waals surface area contributed by atoms with Crippen LogP contribution in [0.25, 0.3) is 0 Å². The highest BCUT2D eigenvalue weighted by atomic mass is 31.0. The second-order valence-corrected chi connectivity index (χ2v) is 10.1. The molecule has 1 amide bonds. The van der Waals surface area contributed by atoms with E-state index in [-0.39, 0.29) is 0 Å². The molecular weight excluding hydrogens is 645 g/mol. The van der Waals surface area contributed by atoms with E-state index in [1.807, 2.05) is 9.47 Å². The van der Waals surface area contributed by atoms with Gasteiger partial charge in [0.2, 0.25) is 0 Å². The lowest BCUT2D eigenvalue weighted by Crippen LogP contribution is -2.67. The van der Waals surface area contributed by atoms with Crippen molar-refractivity contribution in [3.05, 3.63) is 0 Å². The van der Waals surface area contributed by atoms with Gasteiger partial charge in [0.1, 0.15) is 25.4 Å². The summed E-state index contributed by atoms with van der Waals surface area (Å²) >= 11 is 0. The van der Waals surface area contributed by atoms with Gasteiger partial charge in [-0.25, -0.2) is 4.79 Å². The van der Waals surface area contributed by atoms with Crippen molar-refractivity contribution in [1.29, 1.82) is 0 Å². The second-order valence-electron chi connectivity index (χ2n) is 9.84. The number of nitrogens with one attached hydrogen (secondary N) is 1. The smallest absolute Gasteiger partial charge is 0.407 e. The summed E-state index contributed by atoms with van der Waals surface area (Å²) in [6.07, 6.45) is -16.4. The zero-order chi connectivity index (χ0) is 34.7. The number of amides is 1. The maximum Gasteiger partial charge on any atom is 0.407 e. The molecule has 0 aromatic heterocycles. The van der Waals surface area contributed by atoms with E-state index >= 15 is 0 Å². The van der Waals surface area contributed by atoms with Gasteiger partial charge in [0.25, 0.3) is 0 Å². The summed E-state index contributed by atoms with van der Waals surface area (Å²) in [5.74, 6) is -4.91. The summed E-state index contributed by atoms with van der Waals surface area (Å²) in [4.78, 5) is 84.3. The van der Waals surface area contributed by atoms with Crippen molar-refractivity contribution in [3.8, 4) is 0 Å². The van der Waals surface area contributed by atoms with Crippen LogP contribution in [0.4, 0.5) is 4.79 Å². The average Bonchev–Trinajstić information content (AvgIpc) is 2.94. The van der Waals surface area contributed by atoms with Gasteiger partial charge in [-0.1, -0.05) is 0 Å². The zero-order valence-corrected chi connectivity index (χ0v) is 27.3. The van der Waals surface area contributed by atoms with Crippen molar-refractivity contribution in [2.45, 2.75) is 103 Å². The third-order valence-corrected chi connectivity index (χ3v) is 6.43. The number of carbonyl (C=O) groups excluding carboxylic acids is 7. The van der Waals surface area contributed by atoms with Crippen LogP contribution in [-0.4, -0.2) is 124 Å². The number of rotatable bonds is 12. The van der Waals surface area contributed by atoms with Crippen LogP contribution < -0.4 is 5.32 Å². The van der Waals surface area contributed by atoms with Crippen LogP contribution in [0, 0.1) is 0 Å². The molecule has 2 saturated heterocycles. The molecule has 0 aliphatic carbocycles. The molecule has 2 heterocycles. The van der Waals surface area contributed by atoms with Crippen LogP contribution in [-0.2, 0) is 80.7 Å². The molecule has 2 aliphatic heterocycles. The lowest BCUT2D eigenvalue weighted by molar-refractivity contribution is -0.358. The Labute approximate surface area is 265 Å². The second kappa shape index (κ2) is 17.9. The number of ether oxygens (including phenoxy) is 10. The molecule has 0 aromatic rings. The van der Waals surface area contributed by atoms with E-state index < -0.39 is 117 Å². The fraction of sp³-hybridized carbons (Fsp3) is 0.731. The quantitative estimate of drug-likeness (QED) is 0.151. The lowest BCUT2D eigenvalue weighted by atomic mass is 9.96. The molecule has 1 N–H and O–H groups in total. The molecule has 20 heteroatoms. The summed E-state index contributed by atoms with van der Waals surface area (Å²) in [5, 5.41) is 2.22. The summed E-state index contributed by atoms with van der Waals surface area (Å²) in [5.41, 5.74) is 0. The highest BCUT2D eigenvalue weighted by molar-refractivity contribution is 7.09. The van der Waals surface area contributed by atoms with E-state index in [2.05, 4.69) is 5.32 Å². The molecule has 1 unspecified atom stereocenters. The Balaban J connectivity index is 2.66. The van der Waals surface area contributed by atoms with E-state index in [1.165, 1.54) is 7.05 Å².